The topological polar surface area (TPSA) is 45.7 Å². The van der Waals surface area contributed by atoms with Crippen LogP contribution >= 0.6 is 0 Å². The summed E-state index contributed by atoms with van der Waals surface area (Å²) in [5.74, 6) is 0.0647. The molecule has 0 aliphatic heterocycles. The molecule has 2 atom stereocenters. The minimum atomic E-state index is -0.142. The zero-order chi connectivity index (χ0) is 19.6. The highest BCUT2D eigenvalue weighted by Crippen LogP contribution is 2.24. The Hall–Kier alpha value is -2.13. The molecule has 0 spiro atoms. The molecule has 144 valence electrons. The van der Waals surface area contributed by atoms with E-state index in [1.165, 1.54) is 47.9 Å². The number of amides is 1. The van der Waals surface area contributed by atoms with Gasteiger partial charge >= 0.3 is 0 Å². The van der Waals surface area contributed by atoms with E-state index >= 15 is 0 Å². The van der Waals surface area contributed by atoms with E-state index in [2.05, 4.69) is 68.7 Å². The van der Waals surface area contributed by atoms with E-state index in [9.17, 15) is 4.79 Å². The first-order valence-electron chi connectivity index (χ1n) is 10.2. The second-order valence-corrected chi connectivity index (χ2v) is 8.27. The molecule has 0 saturated carbocycles. The van der Waals surface area contributed by atoms with E-state index in [1.54, 1.807) is 0 Å². The normalized spacial score (nSPS) is 15.7. The first kappa shape index (κ1) is 19.6. The molecule has 2 aromatic rings. The minimum absolute atomic E-state index is 0.0647. The predicted octanol–water partition coefficient (Wildman–Crippen LogP) is 4.14. The number of rotatable bonds is 5. The van der Waals surface area contributed by atoms with Crippen LogP contribution in [0.25, 0.3) is 0 Å². The average Bonchev–Trinajstić information content (AvgIpc) is 2.63. The lowest BCUT2D eigenvalue weighted by atomic mass is 9.89. The van der Waals surface area contributed by atoms with Gasteiger partial charge in [0.05, 0.1) is 0 Å². The van der Waals surface area contributed by atoms with Gasteiger partial charge in [-0.1, -0.05) is 29.8 Å². The van der Waals surface area contributed by atoms with Gasteiger partial charge in [-0.25, -0.2) is 0 Å². The van der Waals surface area contributed by atoms with E-state index in [4.69, 9.17) is 0 Å². The van der Waals surface area contributed by atoms with Crippen LogP contribution in [0.15, 0.2) is 30.3 Å². The number of carbonyl (C=O) groups is 1. The first-order valence-corrected chi connectivity index (χ1v) is 10.2. The molecule has 0 aromatic heterocycles. The van der Waals surface area contributed by atoms with E-state index in [0.29, 0.717) is 0 Å². The third-order valence-corrected chi connectivity index (χ3v) is 5.81. The Bertz CT molecular complexity index is 817. The number of nitrogens with two attached hydrogens (primary N) is 1. The molecule has 27 heavy (non-hydrogen) atoms. The van der Waals surface area contributed by atoms with Crippen molar-refractivity contribution in [3.63, 3.8) is 0 Å². The Morgan fingerprint density at radius 1 is 0.963 bits per heavy atom. The number of hydrogen-bond donors (Lipinski definition) is 2. The summed E-state index contributed by atoms with van der Waals surface area (Å²) in [6, 6.07) is 11.2. The van der Waals surface area contributed by atoms with Crippen molar-refractivity contribution in [2.45, 2.75) is 72.4 Å². The summed E-state index contributed by atoms with van der Waals surface area (Å²) >= 11 is 0. The van der Waals surface area contributed by atoms with Crippen molar-refractivity contribution in [1.82, 2.24) is 0 Å². The second kappa shape index (κ2) is 8.26. The van der Waals surface area contributed by atoms with Gasteiger partial charge in [0, 0.05) is 11.3 Å². The molecule has 0 bridgehead atoms. The molecular weight excluding hydrogens is 332 g/mol. The number of quaternary nitrogens is 1. The van der Waals surface area contributed by atoms with Crippen molar-refractivity contribution in [2.75, 3.05) is 5.32 Å². The highest BCUT2D eigenvalue weighted by Gasteiger charge is 2.22. The molecule has 3 heteroatoms. The maximum absolute atomic E-state index is 12.8. The number of fused-ring (bicyclic) bond motifs is 1. The molecule has 0 fully saturated rings. The molecule has 1 aliphatic rings. The monoisotopic (exact) mass is 365 g/mol. The summed E-state index contributed by atoms with van der Waals surface area (Å²) in [5.41, 5.74) is 8.75. The van der Waals surface area contributed by atoms with Crippen LogP contribution in [0.5, 0.6) is 0 Å². The first-order chi connectivity index (χ1) is 12.8. The SMILES string of the molecule is Cc1cc(C)c(NC(=O)[C@@H](C)[NH2+][C@H](C)c2ccc3c(c2)CCCC3)c(C)c1. The smallest absolute Gasteiger partial charge is 0.282 e. The van der Waals surface area contributed by atoms with Crippen LogP contribution in [0.2, 0.25) is 0 Å². The van der Waals surface area contributed by atoms with Gasteiger partial charge in [0.15, 0.2) is 6.04 Å². The van der Waals surface area contributed by atoms with Crippen molar-refractivity contribution >= 4 is 11.6 Å². The van der Waals surface area contributed by atoms with Crippen molar-refractivity contribution in [2.24, 2.45) is 0 Å². The molecule has 3 rings (SSSR count). The van der Waals surface area contributed by atoms with Crippen molar-refractivity contribution in [3.05, 3.63) is 63.7 Å². The fourth-order valence-corrected chi connectivity index (χ4v) is 4.28. The fraction of sp³-hybridized carbons (Fsp3) is 0.458. The number of nitrogens with one attached hydrogen (secondary N) is 1. The third kappa shape index (κ3) is 4.59. The molecule has 3 nitrogen and oxygen atoms in total. The van der Waals surface area contributed by atoms with Gasteiger partial charge < -0.3 is 10.6 Å². The van der Waals surface area contributed by atoms with Crippen LogP contribution in [0.1, 0.15) is 66.1 Å². The Morgan fingerprint density at radius 3 is 2.26 bits per heavy atom. The Kier molecular flexibility index (Phi) is 6.01. The lowest BCUT2D eigenvalue weighted by molar-refractivity contribution is -0.709. The van der Waals surface area contributed by atoms with E-state index in [0.717, 1.165) is 16.8 Å². The third-order valence-electron chi connectivity index (χ3n) is 5.81. The van der Waals surface area contributed by atoms with Gasteiger partial charge in [-0.2, -0.15) is 0 Å². The van der Waals surface area contributed by atoms with Crippen molar-refractivity contribution in [1.29, 1.82) is 0 Å². The lowest BCUT2D eigenvalue weighted by Gasteiger charge is -2.21. The fourth-order valence-electron chi connectivity index (χ4n) is 4.28. The number of aryl methyl sites for hydroxylation is 5. The number of anilines is 1. The molecule has 1 aliphatic carbocycles. The summed E-state index contributed by atoms with van der Waals surface area (Å²) in [7, 11) is 0. The van der Waals surface area contributed by atoms with Crippen LogP contribution in [0.4, 0.5) is 5.69 Å². The predicted molar refractivity (Wildman–Crippen MR) is 112 cm³/mol. The summed E-state index contributed by atoms with van der Waals surface area (Å²) in [4.78, 5) is 12.8. The van der Waals surface area contributed by atoms with Gasteiger partial charge in [-0.3, -0.25) is 4.79 Å². The zero-order valence-electron chi connectivity index (χ0n) is 17.4. The van der Waals surface area contributed by atoms with Gasteiger partial charge in [0.1, 0.15) is 6.04 Å². The van der Waals surface area contributed by atoms with Gasteiger partial charge in [-0.15, -0.1) is 0 Å². The molecule has 0 saturated heterocycles. The number of hydrogen-bond acceptors (Lipinski definition) is 1. The van der Waals surface area contributed by atoms with Gasteiger partial charge in [0.25, 0.3) is 5.91 Å². The summed E-state index contributed by atoms with van der Waals surface area (Å²) in [5, 5.41) is 5.31. The minimum Gasteiger partial charge on any atom is -0.330 e. The lowest BCUT2D eigenvalue weighted by Crippen LogP contribution is -2.91. The van der Waals surface area contributed by atoms with Crippen LogP contribution in [-0.4, -0.2) is 11.9 Å². The highest BCUT2D eigenvalue weighted by atomic mass is 16.2. The molecule has 1 amide bonds. The number of benzene rings is 2. The quantitative estimate of drug-likeness (QED) is 0.822. The van der Waals surface area contributed by atoms with Crippen LogP contribution in [0.3, 0.4) is 0 Å². The maximum Gasteiger partial charge on any atom is 0.282 e. The molecule has 0 radical (unpaired) electrons. The van der Waals surface area contributed by atoms with Crippen molar-refractivity contribution < 1.29 is 10.1 Å². The van der Waals surface area contributed by atoms with E-state index in [1.807, 2.05) is 6.92 Å². The van der Waals surface area contributed by atoms with Crippen LogP contribution in [0, 0.1) is 20.8 Å². The molecular formula is C24H33N2O+. The van der Waals surface area contributed by atoms with Gasteiger partial charge in [-0.05, 0) is 88.6 Å². The summed E-state index contributed by atoms with van der Waals surface area (Å²) in [6.45, 7) is 10.4. The average molecular weight is 366 g/mol. The zero-order valence-corrected chi connectivity index (χ0v) is 17.4. The summed E-state index contributed by atoms with van der Waals surface area (Å²) in [6.07, 6.45) is 5.01. The Labute approximate surface area is 163 Å². The second-order valence-electron chi connectivity index (χ2n) is 8.27. The maximum atomic E-state index is 12.8. The molecule has 0 heterocycles. The number of carbonyl (C=O) groups excluding carboxylic acids is 1. The summed E-state index contributed by atoms with van der Waals surface area (Å²) < 4.78 is 0. The molecule has 3 N–H and O–H groups in total. The van der Waals surface area contributed by atoms with E-state index in [-0.39, 0.29) is 18.0 Å². The van der Waals surface area contributed by atoms with Crippen LogP contribution < -0.4 is 10.6 Å². The Morgan fingerprint density at radius 2 is 1.59 bits per heavy atom. The van der Waals surface area contributed by atoms with Gasteiger partial charge in [0.2, 0.25) is 0 Å². The molecule has 2 aromatic carbocycles. The molecule has 0 unspecified atom stereocenters. The largest absolute Gasteiger partial charge is 0.330 e. The van der Waals surface area contributed by atoms with E-state index < -0.39 is 0 Å². The van der Waals surface area contributed by atoms with Crippen molar-refractivity contribution in [3.8, 4) is 0 Å². The Balaban J connectivity index is 1.66. The standard InChI is InChI=1S/C24H32N2O/c1-15-12-16(2)23(17(3)13-15)26-24(27)19(5)25-18(4)21-11-10-20-8-6-7-9-22(20)14-21/h10-14,18-19,25H,6-9H2,1-5H3,(H,26,27)/p+1/t18-,19-/m1/s1. The van der Waals surface area contributed by atoms with Crippen LogP contribution in [-0.2, 0) is 17.6 Å². The highest BCUT2D eigenvalue weighted by molar-refractivity contribution is 5.95.